The van der Waals surface area contributed by atoms with E-state index in [1.807, 2.05) is 0 Å². The van der Waals surface area contributed by atoms with Crippen LogP contribution in [0.5, 0.6) is 0 Å². The van der Waals surface area contributed by atoms with Gasteiger partial charge in [0, 0.05) is 6.42 Å². The Morgan fingerprint density at radius 1 is 1.06 bits per heavy atom. The van der Waals surface area contributed by atoms with E-state index >= 15 is 0 Å². The zero-order chi connectivity index (χ0) is 11.5. The zero-order valence-corrected chi connectivity index (χ0v) is 12.3. The Morgan fingerprint density at radius 3 is 2.19 bits per heavy atom. The second kappa shape index (κ2) is 13.0. The first-order chi connectivity index (χ1) is 7.16. The number of rotatable bonds is 9. The summed E-state index contributed by atoms with van der Waals surface area (Å²) in [6.45, 7) is 1.52. The van der Waals surface area contributed by atoms with Crippen molar-refractivity contribution in [2.24, 2.45) is 0 Å². The van der Waals surface area contributed by atoms with Gasteiger partial charge in [0.25, 0.3) is 0 Å². The molecule has 0 saturated heterocycles. The molecule has 0 amide bonds. The number of carbonyl (C=O) groups excluding carboxylic acids is 2. The third-order valence-electron chi connectivity index (χ3n) is 2.09. The molecule has 0 heterocycles. The molecular weight excluding hydrogens is 219 g/mol. The van der Waals surface area contributed by atoms with E-state index in [2.05, 4.69) is 11.7 Å². The van der Waals surface area contributed by atoms with E-state index in [-0.39, 0.29) is 29.6 Å². The summed E-state index contributed by atoms with van der Waals surface area (Å²) >= 11 is 0. The van der Waals surface area contributed by atoms with Crippen molar-refractivity contribution in [3.8, 4) is 0 Å². The second-order valence-electron chi connectivity index (χ2n) is 3.55. The fraction of sp³-hybridized carbons (Fsp3) is 0.818. The van der Waals surface area contributed by atoms with Crippen molar-refractivity contribution in [2.75, 3.05) is 6.61 Å². The molecule has 0 atom stereocenters. The number of carboxylic acids is 1. The molecule has 0 bridgehead atoms. The van der Waals surface area contributed by atoms with Gasteiger partial charge >= 0.3 is 35.5 Å². The maximum Gasteiger partial charge on any atom is 1.00 e. The SMILES string of the molecule is CCCCCCCCC(=O)OCC(=O)[O-].[Na+]. The number of esters is 1. The average Bonchev–Trinajstić information content (AvgIpc) is 2.20. The normalized spacial score (nSPS) is 9.31. The van der Waals surface area contributed by atoms with Crippen LogP contribution in [0.25, 0.3) is 0 Å². The molecule has 0 aromatic rings. The predicted molar refractivity (Wildman–Crippen MR) is 54.0 cm³/mol. The number of aliphatic carboxylic acids is 1. The Morgan fingerprint density at radius 2 is 1.62 bits per heavy atom. The fourth-order valence-corrected chi connectivity index (χ4v) is 1.26. The van der Waals surface area contributed by atoms with Crippen LogP contribution < -0.4 is 34.7 Å². The smallest absolute Gasteiger partial charge is 0.546 e. The van der Waals surface area contributed by atoms with Gasteiger partial charge in [0.2, 0.25) is 0 Å². The monoisotopic (exact) mass is 238 g/mol. The van der Waals surface area contributed by atoms with Crippen molar-refractivity contribution in [1.82, 2.24) is 0 Å². The molecule has 0 fully saturated rings. The predicted octanol–water partition coefficient (Wildman–Crippen LogP) is -1.97. The number of unbranched alkanes of at least 4 members (excludes halogenated alkanes) is 5. The Balaban J connectivity index is 0. The number of carbonyl (C=O) groups is 2. The van der Waals surface area contributed by atoms with Gasteiger partial charge in [0.05, 0.1) is 5.97 Å². The minimum atomic E-state index is -1.36. The molecule has 0 saturated carbocycles. The second-order valence-corrected chi connectivity index (χ2v) is 3.55. The molecule has 0 aromatic carbocycles. The molecule has 0 radical (unpaired) electrons. The molecule has 0 spiro atoms. The first kappa shape index (κ1) is 18.3. The molecule has 5 heteroatoms. The third kappa shape index (κ3) is 13.9. The maximum absolute atomic E-state index is 10.9. The van der Waals surface area contributed by atoms with E-state index in [0.717, 1.165) is 19.3 Å². The number of hydrogen-bond donors (Lipinski definition) is 0. The first-order valence-electron chi connectivity index (χ1n) is 5.52. The summed E-state index contributed by atoms with van der Waals surface area (Å²) in [6.07, 6.45) is 6.84. The number of carboxylic acid groups (broad SMARTS) is 1. The fourth-order valence-electron chi connectivity index (χ4n) is 1.26. The molecule has 16 heavy (non-hydrogen) atoms. The van der Waals surface area contributed by atoms with Gasteiger partial charge in [-0.05, 0) is 6.42 Å². The molecule has 0 aromatic heterocycles. The molecule has 88 valence electrons. The standard InChI is InChI=1S/C11H20O4.Na/c1-2-3-4-5-6-7-8-11(14)15-9-10(12)13;/h2-9H2,1H3,(H,12,13);/q;+1/p-1. The molecule has 0 aliphatic rings. The molecule has 0 N–H and O–H groups in total. The Hall–Kier alpha value is -0.0600. The summed E-state index contributed by atoms with van der Waals surface area (Å²) < 4.78 is 4.43. The van der Waals surface area contributed by atoms with Crippen LogP contribution >= 0.6 is 0 Å². The molecule has 0 rings (SSSR count). The maximum atomic E-state index is 10.9. The van der Waals surface area contributed by atoms with Gasteiger partial charge in [-0.15, -0.1) is 0 Å². The summed E-state index contributed by atoms with van der Waals surface area (Å²) in [4.78, 5) is 20.9. The number of hydrogen-bond acceptors (Lipinski definition) is 4. The van der Waals surface area contributed by atoms with Crippen LogP contribution in [0.1, 0.15) is 51.9 Å². The average molecular weight is 238 g/mol. The van der Waals surface area contributed by atoms with Gasteiger partial charge in [-0.3, -0.25) is 4.79 Å². The van der Waals surface area contributed by atoms with Crippen LogP contribution in [0.4, 0.5) is 0 Å². The molecule has 0 aliphatic carbocycles. The summed E-state index contributed by atoms with van der Waals surface area (Å²) in [7, 11) is 0. The summed E-state index contributed by atoms with van der Waals surface area (Å²) in [5.74, 6) is -1.80. The van der Waals surface area contributed by atoms with Crippen LogP contribution in [-0.4, -0.2) is 18.5 Å². The summed E-state index contributed by atoms with van der Waals surface area (Å²) in [5, 5.41) is 9.96. The Bertz CT molecular complexity index is 194. The summed E-state index contributed by atoms with van der Waals surface area (Å²) in [5.41, 5.74) is 0. The molecule has 0 unspecified atom stereocenters. The van der Waals surface area contributed by atoms with E-state index in [9.17, 15) is 14.7 Å². The largest absolute Gasteiger partial charge is 1.00 e. The van der Waals surface area contributed by atoms with E-state index in [1.165, 1.54) is 19.3 Å². The topological polar surface area (TPSA) is 66.4 Å². The van der Waals surface area contributed by atoms with Crippen LogP contribution in [0.2, 0.25) is 0 Å². The van der Waals surface area contributed by atoms with E-state index in [1.54, 1.807) is 0 Å². The first-order valence-corrected chi connectivity index (χ1v) is 5.52. The Labute approximate surface area is 119 Å². The van der Waals surface area contributed by atoms with Crippen molar-refractivity contribution in [3.63, 3.8) is 0 Å². The molecular formula is C11H19NaO4. The van der Waals surface area contributed by atoms with Crippen molar-refractivity contribution in [2.45, 2.75) is 51.9 Å². The van der Waals surface area contributed by atoms with Crippen molar-refractivity contribution >= 4 is 11.9 Å². The molecule has 4 nitrogen and oxygen atoms in total. The zero-order valence-electron chi connectivity index (χ0n) is 10.3. The van der Waals surface area contributed by atoms with Crippen LogP contribution in [-0.2, 0) is 14.3 Å². The van der Waals surface area contributed by atoms with Gasteiger partial charge < -0.3 is 14.6 Å². The van der Waals surface area contributed by atoms with Crippen molar-refractivity contribution in [1.29, 1.82) is 0 Å². The van der Waals surface area contributed by atoms with Gasteiger partial charge in [-0.2, -0.15) is 0 Å². The minimum Gasteiger partial charge on any atom is -0.546 e. The number of ether oxygens (including phenoxy) is 1. The van der Waals surface area contributed by atoms with Crippen LogP contribution in [0, 0.1) is 0 Å². The van der Waals surface area contributed by atoms with Crippen LogP contribution in [0.3, 0.4) is 0 Å². The van der Waals surface area contributed by atoms with Crippen molar-refractivity contribution in [3.05, 3.63) is 0 Å². The van der Waals surface area contributed by atoms with Gasteiger partial charge in [-0.25, -0.2) is 0 Å². The third-order valence-corrected chi connectivity index (χ3v) is 2.09. The Kier molecular flexibility index (Phi) is 14.9. The summed E-state index contributed by atoms with van der Waals surface area (Å²) in [6, 6.07) is 0. The van der Waals surface area contributed by atoms with E-state index in [4.69, 9.17) is 0 Å². The van der Waals surface area contributed by atoms with Crippen molar-refractivity contribution < 1.29 is 49.0 Å². The van der Waals surface area contributed by atoms with Gasteiger partial charge in [0.15, 0.2) is 0 Å². The van der Waals surface area contributed by atoms with Crippen LogP contribution in [0.15, 0.2) is 0 Å². The van der Waals surface area contributed by atoms with E-state index < -0.39 is 18.5 Å². The molecule has 0 aliphatic heterocycles. The minimum absolute atomic E-state index is 0. The van der Waals surface area contributed by atoms with Gasteiger partial charge in [0.1, 0.15) is 6.61 Å². The van der Waals surface area contributed by atoms with E-state index in [0.29, 0.717) is 6.42 Å². The van der Waals surface area contributed by atoms with Gasteiger partial charge in [-0.1, -0.05) is 39.0 Å². The quantitative estimate of drug-likeness (QED) is 0.266.